The molecule has 49 heavy (non-hydrogen) atoms. The molecule has 3 heteroatoms. The third-order valence-corrected chi connectivity index (χ3v) is 9.70. The van der Waals surface area contributed by atoms with Gasteiger partial charge in [-0.15, -0.1) is 0 Å². The van der Waals surface area contributed by atoms with Gasteiger partial charge in [0.2, 0.25) is 5.89 Å². The van der Waals surface area contributed by atoms with E-state index in [2.05, 4.69) is 146 Å². The minimum atomic E-state index is 0.619. The molecule has 0 N–H and O–H groups in total. The van der Waals surface area contributed by atoms with E-state index in [0.29, 0.717) is 5.89 Å². The fourth-order valence-corrected chi connectivity index (χ4v) is 7.35. The standard InChI is InChI=1S/C46H28N2O/c1-3-15-33-29(11-1)13-9-19-35(33)40-27-41-39(31-23-25-32(26-24-31)46-48-42-21-7-8-22-44(42)49-46)28-43(47-45(41)38-18-6-5-17-36(38)40)37-20-10-14-30-12-2-4-16-34(30)37/h1-28H. The molecule has 0 spiro atoms. The maximum absolute atomic E-state index is 6.11. The summed E-state index contributed by atoms with van der Waals surface area (Å²) in [4.78, 5) is 10.2. The zero-order valence-corrected chi connectivity index (χ0v) is 26.5. The Morgan fingerprint density at radius 3 is 1.71 bits per heavy atom. The van der Waals surface area contributed by atoms with E-state index in [0.717, 1.165) is 55.3 Å². The molecule has 0 amide bonds. The number of hydrogen-bond donors (Lipinski definition) is 0. The minimum Gasteiger partial charge on any atom is -0.436 e. The summed E-state index contributed by atoms with van der Waals surface area (Å²) in [5.74, 6) is 0.619. The van der Waals surface area contributed by atoms with Gasteiger partial charge < -0.3 is 4.42 Å². The number of hydrogen-bond acceptors (Lipinski definition) is 3. The highest BCUT2D eigenvalue weighted by Gasteiger charge is 2.18. The zero-order valence-electron chi connectivity index (χ0n) is 26.5. The van der Waals surface area contributed by atoms with E-state index in [1.807, 2.05) is 24.3 Å². The first kappa shape index (κ1) is 27.5. The van der Waals surface area contributed by atoms with E-state index >= 15 is 0 Å². The van der Waals surface area contributed by atoms with Crippen LogP contribution in [0.4, 0.5) is 0 Å². The van der Waals surface area contributed by atoms with Crippen molar-refractivity contribution in [2.75, 3.05) is 0 Å². The Morgan fingerprint density at radius 2 is 0.959 bits per heavy atom. The SMILES string of the molecule is c1ccc2c(-c3cc(-c4ccc(-c5nc6ccccc6o5)cc4)c4cc(-c5cccc6ccccc56)c5ccccc5c4n3)cccc2c1. The molecule has 0 aliphatic heterocycles. The maximum atomic E-state index is 6.11. The van der Waals surface area contributed by atoms with Crippen LogP contribution < -0.4 is 0 Å². The van der Waals surface area contributed by atoms with Crippen LogP contribution in [-0.4, -0.2) is 9.97 Å². The van der Waals surface area contributed by atoms with Crippen LogP contribution in [0, 0.1) is 0 Å². The monoisotopic (exact) mass is 624 g/mol. The number of rotatable bonds is 4. The summed E-state index contributed by atoms with van der Waals surface area (Å²) in [6.45, 7) is 0. The largest absolute Gasteiger partial charge is 0.436 e. The van der Waals surface area contributed by atoms with Crippen LogP contribution in [0.25, 0.3) is 99.3 Å². The Morgan fingerprint density at radius 1 is 0.367 bits per heavy atom. The fraction of sp³-hybridized carbons (Fsp3) is 0. The summed E-state index contributed by atoms with van der Waals surface area (Å²) >= 11 is 0. The van der Waals surface area contributed by atoms with Crippen molar-refractivity contribution < 1.29 is 4.42 Å². The van der Waals surface area contributed by atoms with Crippen molar-refractivity contribution in [3.05, 3.63) is 170 Å². The van der Waals surface area contributed by atoms with E-state index in [-0.39, 0.29) is 0 Å². The van der Waals surface area contributed by atoms with Crippen LogP contribution in [0.1, 0.15) is 0 Å². The molecule has 2 aromatic heterocycles. The van der Waals surface area contributed by atoms with Crippen molar-refractivity contribution in [2.45, 2.75) is 0 Å². The number of nitrogens with zero attached hydrogens (tertiary/aromatic N) is 2. The fourth-order valence-electron chi connectivity index (χ4n) is 7.35. The first-order valence-electron chi connectivity index (χ1n) is 16.6. The van der Waals surface area contributed by atoms with Gasteiger partial charge in [0.1, 0.15) is 5.52 Å². The minimum absolute atomic E-state index is 0.619. The lowest BCUT2D eigenvalue weighted by atomic mass is 9.89. The van der Waals surface area contributed by atoms with Crippen molar-refractivity contribution in [3.8, 4) is 45.0 Å². The average molecular weight is 625 g/mol. The first-order valence-corrected chi connectivity index (χ1v) is 16.6. The quantitative estimate of drug-likeness (QED) is 0.183. The summed E-state index contributed by atoms with van der Waals surface area (Å²) in [7, 11) is 0. The van der Waals surface area contributed by atoms with E-state index in [1.165, 1.54) is 38.1 Å². The van der Waals surface area contributed by atoms with E-state index in [1.54, 1.807) is 0 Å². The molecule has 0 unspecified atom stereocenters. The number of para-hydroxylation sites is 2. The van der Waals surface area contributed by atoms with Crippen LogP contribution in [0.3, 0.4) is 0 Å². The Labute approximate surface area is 282 Å². The van der Waals surface area contributed by atoms with E-state index in [9.17, 15) is 0 Å². The molecule has 0 saturated carbocycles. The molecule has 8 aromatic carbocycles. The molecule has 3 nitrogen and oxygen atoms in total. The second-order valence-corrected chi connectivity index (χ2v) is 12.5. The summed E-state index contributed by atoms with van der Waals surface area (Å²) in [5, 5.41) is 8.27. The number of aromatic nitrogens is 2. The average Bonchev–Trinajstić information content (AvgIpc) is 3.61. The van der Waals surface area contributed by atoms with Crippen molar-refractivity contribution in [1.29, 1.82) is 0 Å². The van der Waals surface area contributed by atoms with Crippen LogP contribution in [0.15, 0.2) is 174 Å². The molecule has 2 heterocycles. The molecule has 0 aliphatic rings. The van der Waals surface area contributed by atoms with Gasteiger partial charge in [0, 0.05) is 21.9 Å². The third kappa shape index (κ3) is 4.51. The predicted molar refractivity (Wildman–Crippen MR) is 204 cm³/mol. The molecular formula is C46H28N2O. The lowest BCUT2D eigenvalue weighted by Crippen LogP contribution is -1.94. The molecule has 0 atom stereocenters. The number of fused-ring (bicyclic) bond motifs is 6. The van der Waals surface area contributed by atoms with Gasteiger partial charge in [-0.1, -0.05) is 133 Å². The van der Waals surface area contributed by atoms with Gasteiger partial charge in [-0.3, -0.25) is 0 Å². The highest BCUT2D eigenvalue weighted by molar-refractivity contribution is 6.18. The Hall–Kier alpha value is -6.58. The molecule has 10 rings (SSSR count). The van der Waals surface area contributed by atoms with Gasteiger partial charge >= 0.3 is 0 Å². The smallest absolute Gasteiger partial charge is 0.227 e. The zero-order chi connectivity index (χ0) is 32.3. The number of oxazole rings is 1. The van der Waals surface area contributed by atoms with Gasteiger partial charge in [-0.2, -0.15) is 0 Å². The summed E-state index contributed by atoms with van der Waals surface area (Å²) in [5.41, 5.74) is 10.3. The van der Waals surface area contributed by atoms with Crippen LogP contribution >= 0.6 is 0 Å². The molecule has 10 aromatic rings. The molecule has 0 aliphatic carbocycles. The molecule has 228 valence electrons. The third-order valence-electron chi connectivity index (χ3n) is 9.70. The lowest BCUT2D eigenvalue weighted by Gasteiger charge is -2.17. The molecule has 0 fully saturated rings. The summed E-state index contributed by atoms with van der Waals surface area (Å²) in [6.07, 6.45) is 0. The van der Waals surface area contributed by atoms with Gasteiger partial charge in [-0.25, -0.2) is 9.97 Å². The van der Waals surface area contributed by atoms with Crippen LogP contribution in [0.5, 0.6) is 0 Å². The summed E-state index contributed by atoms with van der Waals surface area (Å²) < 4.78 is 6.11. The van der Waals surface area contributed by atoms with Crippen LogP contribution in [-0.2, 0) is 0 Å². The predicted octanol–water partition coefficient (Wildman–Crippen LogP) is 12.5. The van der Waals surface area contributed by atoms with E-state index < -0.39 is 0 Å². The van der Waals surface area contributed by atoms with Crippen LogP contribution in [0.2, 0.25) is 0 Å². The topological polar surface area (TPSA) is 38.9 Å². The van der Waals surface area contributed by atoms with Crippen molar-refractivity contribution in [3.63, 3.8) is 0 Å². The van der Waals surface area contributed by atoms with Crippen molar-refractivity contribution in [2.24, 2.45) is 0 Å². The van der Waals surface area contributed by atoms with Gasteiger partial charge in [-0.05, 0) is 85.6 Å². The van der Waals surface area contributed by atoms with Gasteiger partial charge in [0.25, 0.3) is 0 Å². The highest BCUT2D eigenvalue weighted by atomic mass is 16.3. The first-order chi connectivity index (χ1) is 24.3. The van der Waals surface area contributed by atoms with E-state index in [4.69, 9.17) is 14.4 Å². The Bertz CT molecular complexity index is 2840. The lowest BCUT2D eigenvalue weighted by molar-refractivity contribution is 0.620. The highest BCUT2D eigenvalue weighted by Crippen LogP contribution is 2.43. The number of benzene rings is 8. The summed E-state index contributed by atoms with van der Waals surface area (Å²) in [6, 6.07) is 60.0. The maximum Gasteiger partial charge on any atom is 0.227 e. The molecule has 0 saturated heterocycles. The normalized spacial score (nSPS) is 11.7. The van der Waals surface area contributed by atoms with Crippen molar-refractivity contribution >= 4 is 54.3 Å². The molecule has 0 bridgehead atoms. The van der Waals surface area contributed by atoms with Gasteiger partial charge in [0.15, 0.2) is 5.58 Å². The van der Waals surface area contributed by atoms with Gasteiger partial charge in [0.05, 0.1) is 11.2 Å². The molecular weight excluding hydrogens is 597 g/mol. The molecule has 0 radical (unpaired) electrons. The second kappa shape index (κ2) is 11.0. The second-order valence-electron chi connectivity index (χ2n) is 12.5. The van der Waals surface area contributed by atoms with Crippen molar-refractivity contribution in [1.82, 2.24) is 9.97 Å². The Balaban J connectivity index is 1.26. The number of pyridine rings is 1. The Kier molecular flexibility index (Phi) is 6.18.